The molecule has 4 heteroatoms. The van der Waals surface area contributed by atoms with Crippen LogP contribution in [0.3, 0.4) is 0 Å². The molecule has 2 unspecified atom stereocenters. The van der Waals surface area contributed by atoms with Crippen LogP contribution in [0.2, 0.25) is 0 Å². The highest BCUT2D eigenvalue weighted by atomic mass is 16.3. The Hall–Kier alpha value is -0.770. The van der Waals surface area contributed by atoms with Gasteiger partial charge < -0.3 is 15.7 Å². The Morgan fingerprint density at radius 2 is 1.93 bits per heavy atom. The molecule has 0 fully saturated rings. The van der Waals surface area contributed by atoms with Crippen LogP contribution in [0, 0.1) is 5.92 Å². The van der Waals surface area contributed by atoms with E-state index in [1.807, 2.05) is 27.7 Å². The molecule has 15 heavy (non-hydrogen) atoms. The van der Waals surface area contributed by atoms with Gasteiger partial charge in [-0.25, -0.2) is 4.79 Å². The van der Waals surface area contributed by atoms with Gasteiger partial charge >= 0.3 is 6.03 Å². The maximum Gasteiger partial charge on any atom is 0.315 e. The Balaban J connectivity index is 3.98. The Morgan fingerprint density at radius 3 is 2.33 bits per heavy atom. The van der Waals surface area contributed by atoms with Gasteiger partial charge in [0.05, 0.1) is 5.60 Å². The predicted molar refractivity (Wildman–Crippen MR) is 61.7 cm³/mol. The smallest absolute Gasteiger partial charge is 0.315 e. The zero-order chi connectivity index (χ0) is 12.1. The number of carbonyl (C=O) groups excluding carboxylic acids is 1. The standard InChI is InChI=1S/C11H24N2O2/c1-6-9(4)11(5,15)7-12-10(14)13-8(2)3/h8-9,15H,6-7H2,1-5H3,(H2,12,13,14). The van der Waals surface area contributed by atoms with Crippen molar-refractivity contribution in [2.24, 2.45) is 5.92 Å². The summed E-state index contributed by atoms with van der Waals surface area (Å²) in [6, 6.07) is -0.118. The van der Waals surface area contributed by atoms with E-state index in [1.165, 1.54) is 0 Å². The van der Waals surface area contributed by atoms with E-state index in [2.05, 4.69) is 10.6 Å². The van der Waals surface area contributed by atoms with Crippen LogP contribution in [0.25, 0.3) is 0 Å². The van der Waals surface area contributed by atoms with Crippen LogP contribution < -0.4 is 10.6 Å². The summed E-state index contributed by atoms with van der Waals surface area (Å²) in [5.74, 6) is 0.164. The van der Waals surface area contributed by atoms with E-state index in [0.29, 0.717) is 0 Å². The number of hydrogen-bond acceptors (Lipinski definition) is 2. The molecular formula is C11H24N2O2. The van der Waals surface area contributed by atoms with E-state index in [4.69, 9.17) is 0 Å². The molecule has 0 aromatic heterocycles. The minimum atomic E-state index is -0.844. The SMILES string of the molecule is CCC(C)C(C)(O)CNC(=O)NC(C)C. The summed E-state index contributed by atoms with van der Waals surface area (Å²) < 4.78 is 0. The van der Waals surface area contributed by atoms with Gasteiger partial charge in [-0.15, -0.1) is 0 Å². The van der Waals surface area contributed by atoms with Crippen LogP contribution in [0.15, 0.2) is 0 Å². The van der Waals surface area contributed by atoms with Crippen LogP contribution in [0.5, 0.6) is 0 Å². The Bertz CT molecular complexity index is 203. The lowest BCUT2D eigenvalue weighted by Gasteiger charge is -2.29. The molecule has 0 radical (unpaired) electrons. The highest BCUT2D eigenvalue weighted by Gasteiger charge is 2.27. The van der Waals surface area contributed by atoms with Crippen LogP contribution in [0.4, 0.5) is 4.79 Å². The van der Waals surface area contributed by atoms with Crippen molar-refractivity contribution in [1.29, 1.82) is 0 Å². The van der Waals surface area contributed by atoms with E-state index in [0.717, 1.165) is 6.42 Å². The molecule has 0 spiro atoms. The third-order valence-corrected chi connectivity index (χ3v) is 2.70. The van der Waals surface area contributed by atoms with Crippen molar-refractivity contribution >= 4 is 6.03 Å². The molecule has 0 bridgehead atoms. The second kappa shape index (κ2) is 5.95. The third-order valence-electron chi connectivity index (χ3n) is 2.70. The molecule has 0 aromatic rings. The minimum Gasteiger partial charge on any atom is -0.388 e. The predicted octanol–water partition coefficient (Wildman–Crippen LogP) is 1.49. The Labute approximate surface area is 92.4 Å². The molecule has 0 heterocycles. The van der Waals surface area contributed by atoms with E-state index in [1.54, 1.807) is 6.92 Å². The fourth-order valence-corrected chi connectivity index (χ4v) is 1.19. The Kier molecular flexibility index (Phi) is 5.65. The lowest BCUT2D eigenvalue weighted by atomic mass is 9.89. The molecular weight excluding hydrogens is 192 g/mol. The first-order chi connectivity index (χ1) is 6.79. The second-order valence-corrected chi connectivity index (χ2v) is 4.65. The summed E-state index contributed by atoms with van der Waals surface area (Å²) in [6.07, 6.45) is 0.889. The quantitative estimate of drug-likeness (QED) is 0.652. The highest BCUT2D eigenvalue weighted by molar-refractivity contribution is 5.74. The summed E-state index contributed by atoms with van der Waals surface area (Å²) in [4.78, 5) is 11.3. The number of urea groups is 1. The molecule has 0 aromatic carbocycles. The topological polar surface area (TPSA) is 61.4 Å². The molecule has 0 saturated carbocycles. The molecule has 0 aliphatic carbocycles. The number of amides is 2. The van der Waals surface area contributed by atoms with E-state index >= 15 is 0 Å². The number of carbonyl (C=O) groups is 1. The van der Waals surface area contributed by atoms with Gasteiger partial charge in [0.25, 0.3) is 0 Å². The molecule has 2 atom stereocenters. The van der Waals surface area contributed by atoms with Gasteiger partial charge in [0.15, 0.2) is 0 Å². The monoisotopic (exact) mass is 216 g/mol. The summed E-state index contributed by atoms with van der Waals surface area (Å²) >= 11 is 0. The molecule has 4 nitrogen and oxygen atoms in total. The third kappa shape index (κ3) is 5.62. The van der Waals surface area contributed by atoms with Crippen molar-refractivity contribution in [3.8, 4) is 0 Å². The average Bonchev–Trinajstić information content (AvgIpc) is 2.12. The first-order valence-electron chi connectivity index (χ1n) is 5.56. The van der Waals surface area contributed by atoms with Crippen molar-refractivity contribution in [3.05, 3.63) is 0 Å². The zero-order valence-electron chi connectivity index (χ0n) is 10.4. The minimum absolute atomic E-state index is 0.110. The van der Waals surface area contributed by atoms with Crippen LogP contribution in [-0.4, -0.2) is 29.3 Å². The molecule has 3 N–H and O–H groups in total. The number of nitrogens with one attached hydrogen (secondary N) is 2. The molecule has 0 aliphatic rings. The van der Waals surface area contributed by atoms with Gasteiger partial charge in [-0.05, 0) is 26.7 Å². The lowest BCUT2D eigenvalue weighted by molar-refractivity contribution is 0.00786. The van der Waals surface area contributed by atoms with Gasteiger partial charge in [0.1, 0.15) is 0 Å². The summed E-state index contributed by atoms with van der Waals surface area (Å²) in [5.41, 5.74) is -0.844. The van der Waals surface area contributed by atoms with Gasteiger partial charge in [-0.3, -0.25) is 0 Å². The molecule has 0 rings (SSSR count). The van der Waals surface area contributed by atoms with Gasteiger partial charge in [-0.2, -0.15) is 0 Å². The number of aliphatic hydroxyl groups is 1. The maximum absolute atomic E-state index is 11.3. The first-order valence-corrected chi connectivity index (χ1v) is 5.56. The molecule has 2 amide bonds. The second-order valence-electron chi connectivity index (χ2n) is 4.65. The summed E-state index contributed by atoms with van der Waals surface area (Å²) in [5, 5.41) is 15.4. The van der Waals surface area contributed by atoms with E-state index < -0.39 is 5.60 Å². The molecule has 90 valence electrons. The number of hydrogen-bond donors (Lipinski definition) is 3. The average molecular weight is 216 g/mol. The van der Waals surface area contributed by atoms with Crippen molar-refractivity contribution in [3.63, 3.8) is 0 Å². The van der Waals surface area contributed by atoms with Crippen molar-refractivity contribution in [2.45, 2.75) is 52.7 Å². The fourth-order valence-electron chi connectivity index (χ4n) is 1.19. The molecule has 0 saturated heterocycles. The lowest BCUT2D eigenvalue weighted by Crippen LogP contribution is -2.49. The van der Waals surface area contributed by atoms with Crippen LogP contribution in [-0.2, 0) is 0 Å². The summed E-state index contributed by atoms with van der Waals surface area (Å²) in [7, 11) is 0. The fraction of sp³-hybridized carbons (Fsp3) is 0.909. The van der Waals surface area contributed by atoms with E-state index in [9.17, 15) is 9.90 Å². The van der Waals surface area contributed by atoms with E-state index in [-0.39, 0.29) is 24.5 Å². The van der Waals surface area contributed by atoms with Gasteiger partial charge in [-0.1, -0.05) is 20.3 Å². The van der Waals surface area contributed by atoms with Crippen molar-refractivity contribution in [2.75, 3.05) is 6.54 Å². The maximum atomic E-state index is 11.3. The Morgan fingerprint density at radius 1 is 1.40 bits per heavy atom. The van der Waals surface area contributed by atoms with Crippen molar-refractivity contribution < 1.29 is 9.90 Å². The normalized spacial score (nSPS) is 17.0. The first kappa shape index (κ1) is 14.2. The number of rotatable bonds is 5. The zero-order valence-corrected chi connectivity index (χ0v) is 10.4. The largest absolute Gasteiger partial charge is 0.388 e. The van der Waals surface area contributed by atoms with Crippen molar-refractivity contribution in [1.82, 2.24) is 10.6 Å². The van der Waals surface area contributed by atoms with Crippen LogP contribution in [0.1, 0.15) is 41.0 Å². The van der Waals surface area contributed by atoms with Crippen LogP contribution >= 0.6 is 0 Å². The van der Waals surface area contributed by atoms with Gasteiger partial charge in [0, 0.05) is 12.6 Å². The molecule has 0 aliphatic heterocycles. The highest BCUT2D eigenvalue weighted by Crippen LogP contribution is 2.18. The summed E-state index contributed by atoms with van der Waals surface area (Å²) in [6.45, 7) is 9.81. The van der Waals surface area contributed by atoms with Gasteiger partial charge in [0.2, 0.25) is 0 Å².